The minimum absolute atomic E-state index is 0.0967. The Morgan fingerprint density at radius 3 is 2.29 bits per heavy atom. The largest absolute Gasteiger partial charge is 0.444 e. The van der Waals surface area contributed by atoms with Crippen LogP contribution in [-0.2, 0) is 14.8 Å². The molecular weight excluding hydrogens is 244 g/mol. The molecule has 6 nitrogen and oxygen atoms in total. The van der Waals surface area contributed by atoms with Crippen LogP contribution < -0.4 is 10.0 Å². The zero-order chi connectivity index (χ0) is 13.5. The number of carbonyl (C=O) groups excluding carboxylic acids is 1. The van der Waals surface area contributed by atoms with Gasteiger partial charge in [-0.1, -0.05) is 6.92 Å². The van der Waals surface area contributed by atoms with Crippen LogP contribution >= 0.6 is 0 Å². The third-order valence-corrected chi connectivity index (χ3v) is 3.18. The van der Waals surface area contributed by atoms with Gasteiger partial charge in [0.05, 0.1) is 5.75 Å². The highest BCUT2D eigenvalue weighted by Gasteiger charge is 2.15. The molecule has 102 valence electrons. The number of nitrogens with one attached hydrogen (secondary N) is 2. The Hall–Kier alpha value is -0.820. The molecule has 0 aromatic heterocycles. The highest BCUT2D eigenvalue weighted by molar-refractivity contribution is 7.89. The van der Waals surface area contributed by atoms with E-state index < -0.39 is 21.7 Å². The molecule has 0 radical (unpaired) electrons. The van der Waals surface area contributed by atoms with Gasteiger partial charge < -0.3 is 10.1 Å². The Bertz CT molecular complexity index is 333. The number of carbonyl (C=O) groups is 1. The fraction of sp³-hybridized carbons (Fsp3) is 0.900. The molecule has 1 amide bonds. The van der Waals surface area contributed by atoms with Gasteiger partial charge in [-0.25, -0.2) is 17.9 Å². The zero-order valence-corrected chi connectivity index (χ0v) is 11.7. The fourth-order valence-electron chi connectivity index (χ4n) is 1.03. The smallest absolute Gasteiger partial charge is 0.407 e. The molecule has 2 N–H and O–H groups in total. The lowest BCUT2D eigenvalue weighted by atomic mass is 10.2. The van der Waals surface area contributed by atoms with Crippen molar-refractivity contribution in [3.05, 3.63) is 0 Å². The van der Waals surface area contributed by atoms with Gasteiger partial charge in [0.1, 0.15) is 5.60 Å². The van der Waals surface area contributed by atoms with Crippen LogP contribution in [0.1, 0.15) is 34.1 Å². The number of alkyl carbamates (subject to hydrolysis) is 1. The Balaban J connectivity index is 3.76. The standard InChI is InChI=1S/C10H22N2O4S/c1-5-8-17(14,15)12-7-6-11-9(13)16-10(2,3)4/h12H,5-8H2,1-4H3,(H,11,13). The first-order valence-electron chi connectivity index (χ1n) is 5.60. The molecule has 0 aliphatic rings. The number of hydrogen-bond acceptors (Lipinski definition) is 4. The van der Waals surface area contributed by atoms with Gasteiger partial charge in [-0.05, 0) is 27.2 Å². The van der Waals surface area contributed by atoms with Crippen molar-refractivity contribution in [2.45, 2.75) is 39.7 Å². The summed E-state index contributed by atoms with van der Waals surface area (Å²) in [6.45, 7) is 7.45. The van der Waals surface area contributed by atoms with E-state index in [2.05, 4.69) is 10.0 Å². The van der Waals surface area contributed by atoms with E-state index in [0.717, 1.165) is 0 Å². The van der Waals surface area contributed by atoms with E-state index >= 15 is 0 Å². The SMILES string of the molecule is CCCS(=O)(=O)NCCNC(=O)OC(C)(C)C. The molecule has 0 heterocycles. The van der Waals surface area contributed by atoms with E-state index in [-0.39, 0.29) is 18.8 Å². The lowest BCUT2D eigenvalue weighted by Gasteiger charge is -2.19. The van der Waals surface area contributed by atoms with Crippen molar-refractivity contribution in [2.24, 2.45) is 0 Å². The first kappa shape index (κ1) is 16.2. The van der Waals surface area contributed by atoms with Crippen LogP contribution in [-0.4, -0.2) is 39.0 Å². The second-order valence-electron chi connectivity index (χ2n) is 4.64. The van der Waals surface area contributed by atoms with Crippen LogP contribution in [0.3, 0.4) is 0 Å². The lowest BCUT2D eigenvalue weighted by Crippen LogP contribution is -2.38. The summed E-state index contributed by atoms with van der Waals surface area (Å²) >= 11 is 0. The maximum Gasteiger partial charge on any atom is 0.407 e. The molecule has 0 saturated carbocycles. The van der Waals surface area contributed by atoms with Crippen LogP contribution in [0, 0.1) is 0 Å². The van der Waals surface area contributed by atoms with Crippen molar-refractivity contribution >= 4 is 16.1 Å². The Morgan fingerprint density at radius 2 is 1.82 bits per heavy atom. The van der Waals surface area contributed by atoms with Crippen molar-refractivity contribution < 1.29 is 17.9 Å². The van der Waals surface area contributed by atoms with E-state index in [1.54, 1.807) is 27.7 Å². The van der Waals surface area contributed by atoms with Crippen molar-refractivity contribution in [1.82, 2.24) is 10.0 Å². The number of ether oxygens (including phenoxy) is 1. The molecule has 0 atom stereocenters. The highest BCUT2D eigenvalue weighted by atomic mass is 32.2. The van der Waals surface area contributed by atoms with Crippen molar-refractivity contribution in [3.8, 4) is 0 Å². The Kier molecular flexibility index (Phi) is 6.48. The molecule has 0 aromatic carbocycles. The molecule has 7 heteroatoms. The molecule has 0 bridgehead atoms. The monoisotopic (exact) mass is 266 g/mol. The summed E-state index contributed by atoms with van der Waals surface area (Å²) < 4.78 is 29.9. The van der Waals surface area contributed by atoms with Gasteiger partial charge in [0.25, 0.3) is 0 Å². The predicted octanol–water partition coefficient (Wildman–Crippen LogP) is 0.841. The molecular formula is C10H22N2O4S. The maximum absolute atomic E-state index is 11.2. The predicted molar refractivity (Wildman–Crippen MR) is 66.3 cm³/mol. The van der Waals surface area contributed by atoms with E-state index in [0.29, 0.717) is 6.42 Å². The van der Waals surface area contributed by atoms with E-state index in [9.17, 15) is 13.2 Å². The number of hydrogen-bond donors (Lipinski definition) is 2. The molecule has 17 heavy (non-hydrogen) atoms. The minimum atomic E-state index is -3.21. The summed E-state index contributed by atoms with van der Waals surface area (Å²) in [6.07, 6.45) is 0.0154. The summed E-state index contributed by atoms with van der Waals surface area (Å²) in [4.78, 5) is 11.2. The average molecular weight is 266 g/mol. The third kappa shape index (κ3) is 10.1. The third-order valence-electron chi connectivity index (χ3n) is 1.59. The second kappa shape index (κ2) is 6.80. The number of rotatable bonds is 6. The van der Waals surface area contributed by atoms with E-state index in [1.807, 2.05) is 0 Å². The molecule has 0 saturated heterocycles. The van der Waals surface area contributed by atoms with Gasteiger partial charge >= 0.3 is 6.09 Å². The van der Waals surface area contributed by atoms with Gasteiger partial charge in [0.2, 0.25) is 10.0 Å². The van der Waals surface area contributed by atoms with Crippen LogP contribution in [0.4, 0.5) is 4.79 Å². The summed E-state index contributed by atoms with van der Waals surface area (Å²) in [5.74, 6) is 0.0967. The topological polar surface area (TPSA) is 84.5 Å². The summed E-state index contributed by atoms with van der Waals surface area (Å²) in [5.41, 5.74) is -0.550. The number of amides is 1. The van der Waals surface area contributed by atoms with Crippen LogP contribution in [0.15, 0.2) is 0 Å². The van der Waals surface area contributed by atoms with Crippen LogP contribution in [0.25, 0.3) is 0 Å². The Labute approximate surface area is 103 Å². The average Bonchev–Trinajstić information content (AvgIpc) is 2.09. The molecule has 0 aliphatic carbocycles. The molecule has 0 aliphatic heterocycles. The highest BCUT2D eigenvalue weighted by Crippen LogP contribution is 2.05. The summed E-state index contributed by atoms with van der Waals surface area (Å²) in [5, 5.41) is 2.47. The van der Waals surface area contributed by atoms with Gasteiger partial charge in [-0.15, -0.1) is 0 Å². The lowest BCUT2D eigenvalue weighted by molar-refractivity contribution is 0.0529. The van der Waals surface area contributed by atoms with E-state index in [1.165, 1.54) is 0 Å². The summed E-state index contributed by atoms with van der Waals surface area (Å²) in [6, 6.07) is 0. The molecule has 0 spiro atoms. The van der Waals surface area contributed by atoms with Gasteiger partial charge in [0, 0.05) is 13.1 Å². The van der Waals surface area contributed by atoms with Crippen molar-refractivity contribution in [2.75, 3.05) is 18.8 Å². The fourth-order valence-corrected chi connectivity index (χ4v) is 2.12. The number of sulfonamides is 1. The Morgan fingerprint density at radius 1 is 1.24 bits per heavy atom. The van der Waals surface area contributed by atoms with E-state index in [4.69, 9.17) is 4.74 Å². The minimum Gasteiger partial charge on any atom is -0.444 e. The summed E-state index contributed by atoms with van der Waals surface area (Å²) in [7, 11) is -3.21. The molecule has 0 aromatic rings. The zero-order valence-electron chi connectivity index (χ0n) is 10.9. The maximum atomic E-state index is 11.2. The molecule has 0 fully saturated rings. The quantitative estimate of drug-likeness (QED) is 0.698. The second-order valence-corrected chi connectivity index (χ2v) is 6.57. The van der Waals surface area contributed by atoms with Crippen molar-refractivity contribution in [3.63, 3.8) is 0 Å². The molecule has 0 unspecified atom stereocenters. The van der Waals surface area contributed by atoms with Crippen molar-refractivity contribution in [1.29, 1.82) is 0 Å². The van der Waals surface area contributed by atoms with Gasteiger partial charge in [-0.2, -0.15) is 0 Å². The van der Waals surface area contributed by atoms with Crippen LogP contribution in [0.2, 0.25) is 0 Å². The normalized spacial score (nSPS) is 12.2. The van der Waals surface area contributed by atoms with Crippen LogP contribution in [0.5, 0.6) is 0 Å². The first-order valence-corrected chi connectivity index (χ1v) is 7.25. The molecule has 0 rings (SSSR count). The van der Waals surface area contributed by atoms with Gasteiger partial charge in [0.15, 0.2) is 0 Å². The first-order chi connectivity index (χ1) is 7.66. The van der Waals surface area contributed by atoms with Gasteiger partial charge in [-0.3, -0.25) is 0 Å².